The molecule has 150 valence electrons. The Bertz CT molecular complexity index is 964. The molecule has 3 aromatic rings. The summed E-state index contributed by atoms with van der Waals surface area (Å²) < 4.78 is 5.21. The maximum Gasteiger partial charge on any atom is 0.269 e. The Morgan fingerprint density at radius 3 is 2.45 bits per heavy atom. The topological polar surface area (TPSA) is 72.9 Å². The second-order valence-electron chi connectivity index (χ2n) is 7.06. The van der Waals surface area contributed by atoms with Gasteiger partial charge in [-0.3, -0.25) is 10.1 Å². The van der Waals surface area contributed by atoms with Crippen LogP contribution in [0.15, 0.2) is 53.9 Å². The number of nitro benzene ring substituents is 1. The van der Waals surface area contributed by atoms with Gasteiger partial charge >= 0.3 is 0 Å². The summed E-state index contributed by atoms with van der Waals surface area (Å²) in [4.78, 5) is 19.1. The van der Waals surface area contributed by atoms with Gasteiger partial charge in [0.1, 0.15) is 23.0 Å². The van der Waals surface area contributed by atoms with Crippen molar-refractivity contribution in [2.75, 3.05) is 38.2 Å². The lowest BCUT2D eigenvalue weighted by Crippen LogP contribution is -3.13. The van der Waals surface area contributed by atoms with Crippen LogP contribution < -0.4 is 14.5 Å². The zero-order chi connectivity index (χ0) is 20.2. The van der Waals surface area contributed by atoms with Gasteiger partial charge in [-0.1, -0.05) is 0 Å². The van der Waals surface area contributed by atoms with Gasteiger partial charge in [-0.2, -0.15) is 0 Å². The largest absolute Gasteiger partial charge is 0.497 e. The number of rotatable bonds is 6. The van der Waals surface area contributed by atoms with E-state index in [2.05, 4.69) is 10.3 Å². The molecule has 0 atom stereocenters. The first-order valence-corrected chi connectivity index (χ1v) is 10.4. The summed E-state index contributed by atoms with van der Waals surface area (Å²) in [5.41, 5.74) is 3.42. The van der Waals surface area contributed by atoms with Crippen molar-refractivity contribution in [1.29, 1.82) is 0 Å². The van der Waals surface area contributed by atoms with E-state index < -0.39 is 0 Å². The second-order valence-corrected chi connectivity index (χ2v) is 7.92. The third kappa shape index (κ3) is 4.55. The van der Waals surface area contributed by atoms with Crippen molar-refractivity contribution < 1.29 is 14.6 Å². The molecule has 1 N–H and O–H groups in total. The molecule has 0 saturated carbocycles. The van der Waals surface area contributed by atoms with E-state index in [0.717, 1.165) is 60.4 Å². The normalized spacial score (nSPS) is 14.7. The molecule has 29 heavy (non-hydrogen) atoms. The molecule has 1 fully saturated rings. The third-order valence-electron chi connectivity index (χ3n) is 5.22. The van der Waals surface area contributed by atoms with Crippen molar-refractivity contribution in [2.24, 2.45) is 0 Å². The summed E-state index contributed by atoms with van der Waals surface area (Å²) in [6.07, 6.45) is 0. The van der Waals surface area contributed by atoms with Crippen molar-refractivity contribution in [3.8, 4) is 16.3 Å². The number of anilines is 1. The van der Waals surface area contributed by atoms with Crippen molar-refractivity contribution >= 4 is 22.7 Å². The number of quaternary nitrogens is 1. The van der Waals surface area contributed by atoms with E-state index in [-0.39, 0.29) is 10.6 Å². The minimum absolute atomic E-state index is 0.134. The number of thiazole rings is 1. The van der Waals surface area contributed by atoms with Gasteiger partial charge < -0.3 is 14.5 Å². The molecular formula is C21H23N4O3S+. The van der Waals surface area contributed by atoms with E-state index >= 15 is 0 Å². The average Bonchev–Trinajstić information content (AvgIpc) is 3.23. The molecule has 0 radical (unpaired) electrons. The van der Waals surface area contributed by atoms with Crippen LogP contribution in [-0.4, -0.2) is 43.2 Å². The summed E-state index contributed by atoms with van der Waals surface area (Å²) in [6, 6.07) is 14.8. The van der Waals surface area contributed by atoms with Crippen LogP contribution in [-0.2, 0) is 6.54 Å². The van der Waals surface area contributed by atoms with Gasteiger partial charge in [-0.25, -0.2) is 4.98 Å². The van der Waals surface area contributed by atoms with Gasteiger partial charge in [0.05, 0.1) is 38.2 Å². The predicted octanol–water partition coefficient (Wildman–Crippen LogP) is 2.63. The molecule has 0 unspecified atom stereocenters. The van der Waals surface area contributed by atoms with Gasteiger partial charge in [-0.05, 0) is 36.4 Å². The van der Waals surface area contributed by atoms with Crippen LogP contribution in [0.2, 0.25) is 0 Å². The second kappa shape index (κ2) is 8.59. The number of aromatic nitrogens is 1. The highest BCUT2D eigenvalue weighted by atomic mass is 32.1. The van der Waals surface area contributed by atoms with Crippen LogP contribution >= 0.6 is 11.3 Å². The minimum atomic E-state index is -0.361. The first-order valence-electron chi connectivity index (χ1n) is 9.54. The molecule has 1 aromatic heterocycles. The van der Waals surface area contributed by atoms with E-state index in [1.54, 1.807) is 30.6 Å². The fraction of sp³-hybridized carbons (Fsp3) is 0.286. The summed E-state index contributed by atoms with van der Waals surface area (Å²) in [5.74, 6) is 0.848. The Labute approximate surface area is 173 Å². The lowest BCUT2D eigenvalue weighted by atomic mass is 10.2. The monoisotopic (exact) mass is 411 g/mol. The molecule has 4 rings (SSSR count). The molecule has 2 heterocycles. The van der Waals surface area contributed by atoms with Crippen molar-refractivity contribution in [3.63, 3.8) is 0 Å². The Morgan fingerprint density at radius 1 is 1.14 bits per heavy atom. The van der Waals surface area contributed by atoms with Crippen LogP contribution in [0, 0.1) is 10.1 Å². The summed E-state index contributed by atoms with van der Waals surface area (Å²) in [6.45, 7) is 4.82. The van der Waals surface area contributed by atoms with Crippen molar-refractivity contribution in [3.05, 3.63) is 69.7 Å². The molecule has 7 nitrogen and oxygen atoms in total. The van der Waals surface area contributed by atoms with E-state index in [1.165, 1.54) is 4.90 Å². The number of nitrogens with one attached hydrogen (secondary N) is 1. The number of hydrogen-bond acceptors (Lipinski definition) is 6. The van der Waals surface area contributed by atoms with Crippen LogP contribution in [0.4, 0.5) is 11.4 Å². The highest BCUT2D eigenvalue weighted by molar-refractivity contribution is 7.13. The highest BCUT2D eigenvalue weighted by Crippen LogP contribution is 2.25. The molecule has 0 spiro atoms. The van der Waals surface area contributed by atoms with Crippen LogP contribution in [0.3, 0.4) is 0 Å². The first-order chi connectivity index (χ1) is 14.1. The molecule has 0 bridgehead atoms. The SMILES string of the molecule is COc1ccc(-c2nc(C[NH+]3CCN(c4ccc([N+](=O)[O-])cc4)CC3)cs2)cc1. The number of hydrogen-bond donors (Lipinski definition) is 1. The Hall–Kier alpha value is -2.97. The maximum atomic E-state index is 10.8. The predicted molar refractivity (Wildman–Crippen MR) is 114 cm³/mol. The van der Waals surface area contributed by atoms with Crippen molar-refractivity contribution in [2.45, 2.75) is 6.54 Å². The minimum Gasteiger partial charge on any atom is -0.497 e. The summed E-state index contributed by atoms with van der Waals surface area (Å²) in [7, 11) is 1.67. The smallest absolute Gasteiger partial charge is 0.269 e. The van der Waals surface area contributed by atoms with Gasteiger partial charge in [0.2, 0.25) is 0 Å². The molecule has 0 aliphatic carbocycles. The van der Waals surface area contributed by atoms with E-state index in [0.29, 0.717) is 0 Å². The number of piperazine rings is 1. The quantitative estimate of drug-likeness (QED) is 0.499. The lowest BCUT2D eigenvalue weighted by Gasteiger charge is -2.33. The fourth-order valence-corrected chi connectivity index (χ4v) is 4.38. The van der Waals surface area contributed by atoms with Crippen LogP contribution in [0.25, 0.3) is 10.6 Å². The number of non-ortho nitro benzene ring substituents is 1. The number of nitro groups is 1. The number of ether oxygens (including phenoxy) is 1. The average molecular weight is 412 g/mol. The van der Waals surface area contributed by atoms with Gasteiger partial charge in [-0.15, -0.1) is 11.3 Å². The zero-order valence-corrected chi connectivity index (χ0v) is 17.0. The van der Waals surface area contributed by atoms with Gasteiger partial charge in [0.15, 0.2) is 0 Å². The molecule has 2 aromatic carbocycles. The van der Waals surface area contributed by atoms with E-state index in [1.807, 2.05) is 36.4 Å². The fourth-order valence-electron chi connectivity index (χ4n) is 3.55. The molecule has 1 aliphatic rings. The summed E-state index contributed by atoms with van der Waals surface area (Å²) >= 11 is 1.68. The molecule has 0 amide bonds. The van der Waals surface area contributed by atoms with Crippen LogP contribution in [0.5, 0.6) is 5.75 Å². The summed E-state index contributed by atoms with van der Waals surface area (Å²) in [5, 5.41) is 14.0. The third-order valence-corrected chi connectivity index (χ3v) is 6.16. The first kappa shape index (κ1) is 19.4. The Balaban J connectivity index is 1.32. The molecule has 1 aliphatic heterocycles. The zero-order valence-electron chi connectivity index (χ0n) is 16.2. The number of benzene rings is 2. The maximum absolute atomic E-state index is 10.8. The van der Waals surface area contributed by atoms with Gasteiger partial charge in [0.25, 0.3) is 5.69 Å². The van der Waals surface area contributed by atoms with Crippen LogP contribution in [0.1, 0.15) is 5.69 Å². The van der Waals surface area contributed by atoms with E-state index in [9.17, 15) is 10.1 Å². The standard InChI is InChI=1S/C21H22N4O3S/c1-28-20-8-2-16(3-9-20)21-22-17(15-29-21)14-23-10-12-24(13-11-23)18-4-6-19(7-5-18)25(26)27/h2-9,15H,10-14H2,1H3/p+1. The molecular weight excluding hydrogens is 388 g/mol. The van der Waals surface area contributed by atoms with Gasteiger partial charge in [0, 0.05) is 28.8 Å². The lowest BCUT2D eigenvalue weighted by molar-refractivity contribution is -0.914. The molecule has 8 heteroatoms. The molecule has 1 saturated heterocycles. The highest BCUT2D eigenvalue weighted by Gasteiger charge is 2.22. The van der Waals surface area contributed by atoms with E-state index in [4.69, 9.17) is 9.72 Å². The Morgan fingerprint density at radius 2 is 1.83 bits per heavy atom. The Kier molecular flexibility index (Phi) is 5.73. The number of nitrogens with zero attached hydrogens (tertiary/aromatic N) is 3. The number of methoxy groups -OCH3 is 1. The van der Waals surface area contributed by atoms with Crippen molar-refractivity contribution in [1.82, 2.24) is 4.98 Å².